The van der Waals surface area contributed by atoms with E-state index in [1.54, 1.807) is 0 Å². The minimum atomic E-state index is 0.620. The van der Waals surface area contributed by atoms with Crippen LogP contribution in [0.25, 0.3) is 0 Å². The predicted molar refractivity (Wildman–Crippen MR) is 61.7 cm³/mol. The molecule has 1 aliphatic heterocycles. The van der Waals surface area contributed by atoms with E-state index in [0.29, 0.717) is 11.5 Å². The summed E-state index contributed by atoms with van der Waals surface area (Å²) in [6.45, 7) is 3.32. The Morgan fingerprint density at radius 3 is 2.79 bits per heavy atom. The van der Waals surface area contributed by atoms with Gasteiger partial charge >= 0.3 is 0 Å². The Morgan fingerprint density at radius 2 is 2.29 bits per heavy atom. The van der Waals surface area contributed by atoms with Crippen molar-refractivity contribution in [3.8, 4) is 0 Å². The SMILES string of the molecule is CC1CSC(=NCC2(C3CC3)CC2)N1. The molecule has 14 heavy (non-hydrogen) atoms. The van der Waals surface area contributed by atoms with Crippen LogP contribution >= 0.6 is 11.8 Å². The van der Waals surface area contributed by atoms with Crippen molar-refractivity contribution in [3.05, 3.63) is 0 Å². The fourth-order valence-corrected chi connectivity index (χ4v) is 3.30. The van der Waals surface area contributed by atoms with Crippen LogP contribution in [0.2, 0.25) is 0 Å². The van der Waals surface area contributed by atoms with Crippen LogP contribution < -0.4 is 5.32 Å². The van der Waals surface area contributed by atoms with Crippen molar-refractivity contribution < 1.29 is 0 Å². The summed E-state index contributed by atoms with van der Waals surface area (Å²) in [4.78, 5) is 4.74. The van der Waals surface area contributed by atoms with E-state index in [1.165, 1.54) is 36.6 Å². The fraction of sp³-hybridized carbons (Fsp3) is 0.909. The Kier molecular flexibility index (Phi) is 2.05. The van der Waals surface area contributed by atoms with Crippen LogP contribution in [0.5, 0.6) is 0 Å². The number of aliphatic imine (C=N–C) groups is 1. The van der Waals surface area contributed by atoms with Gasteiger partial charge < -0.3 is 5.32 Å². The lowest BCUT2D eigenvalue weighted by Gasteiger charge is -2.10. The van der Waals surface area contributed by atoms with Gasteiger partial charge in [0.1, 0.15) is 0 Å². The molecular formula is C11H18N2S. The summed E-state index contributed by atoms with van der Waals surface area (Å²) in [5.41, 5.74) is 0.668. The Bertz CT molecular complexity index is 266. The van der Waals surface area contributed by atoms with Gasteiger partial charge in [0.2, 0.25) is 0 Å². The van der Waals surface area contributed by atoms with E-state index in [2.05, 4.69) is 12.2 Å². The van der Waals surface area contributed by atoms with Gasteiger partial charge in [-0.15, -0.1) is 0 Å². The highest BCUT2D eigenvalue weighted by atomic mass is 32.2. The third-order valence-corrected chi connectivity index (χ3v) is 4.90. The van der Waals surface area contributed by atoms with Gasteiger partial charge in [0, 0.05) is 18.3 Å². The van der Waals surface area contributed by atoms with E-state index >= 15 is 0 Å². The largest absolute Gasteiger partial charge is 0.362 e. The van der Waals surface area contributed by atoms with Crippen LogP contribution in [0.3, 0.4) is 0 Å². The predicted octanol–water partition coefficient (Wildman–Crippen LogP) is 2.26. The lowest BCUT2D eigenvalue weighted by Crippen LogP contribution is -2.24. The van der Waals surface area contributed by atoms with E-state index in [4.69, 9.17) is 4.99 Å². The molecule has 1 unspecified atom stereocenters. The Balaban J connectivity index is 1.58. The number of nitrogens with one attached hydrogen (secondary N) is 1. The van der Waals surface area contributed by atoms with Crippen molar-refractivity contribution in [3.63, 3.8) is 0 Å². The molecular weight excluding hydrogens is 192 g/mol. The van der Waals surface area contributed by atoms with Gasteiger partial charge in [0.15, 0.2) is 5.17 Å². The second kappa shape index (κ2) is 3.16. The number of amidine groups is 1. The van der Waals surface area contributed by atoms with Gasteiger partial charge in [0.05, 0.1) is 0 Å². The molecule has 1 N–H and O–H groups in total. The zero-order valence-electron chi connectivity index (χ0n) is 8.75. The maximum atomic E-state index is 4.74. The van der Waals surface area contributed by atoms with E-state index < -0.39 is 0 Å². The van der Waals surface area contributed by atoms with Crippen LogP contribution in [0.4, 0.5) is 0 Å². The molecule has 2 nitrogen and oxygen atoms in total. The summed E-state index contributed by atoms with van der Waals surface area (Å²) >= 11 is 1.89. The first-order valence-corrected chi connectivity index (χ1v) is 6.71. The Morgan fingerprint density at radius 1 is 1.50 bits per heavy atom. The van der Waals surface area contributed by atoms with Gasteiger partial charge in [-0.3, -0.25) is 4.99 Å². The van der Waals surface area contributed by atoms with Crippen LogP contribution in [0, 0.1) is 11.3 Å². The molecule has 1 atom stereocenters. The normalized spacial score (nSPS) is 37.2. The van der Waals surface area contributed by atoms with Gasteiger partial charge in [-0.25, -0.2) is 0 Å². The Hall–Kier alpha value is -0.180. The average molecular weight is 210 g/mol. The summed E-state index contributed by atoms with van der Waals surface area (Å²) in [6.07, 6.45) is 5.83. The third kappa shape index (κ3) is 1.67. The van der Waals surface area contributed by atoms with Crippen molar-refractivity contribution in [1.82, 2.24) is 5.32 Å². The molecule has 0 spiro atoms. The van der Waals surface area contributed by atoms with Crippen LogP contribution in [-0.2, 0) is 0 Å². The van der Waals surface area contributed by atoms with Gasteiger partial charge in [-0.05, 0) is 43.9 Å². The van der Waals surface area contributed by atoms with E-state index in [1.807, 2.05) is 11.8 Å². The molecule has 0 aromatic carbocycles. The van der Waals surface area contributed by atoms with Crippen LogP contribution in [0.1, 0.15) is 32.6 Å². The fourth-order valence-electron chi connectivity index (χ4n) is 2.37. The number of hydrogen-bond donors (Lipinski definition) is 1. The molecule has 0 aromatic heterocycles. The molecule has 2 saturated carbocycles. The third-order valence-electron chi connectivity index (χ3n) is 3.71. The lowest BCUT2D eigenvalue weighted by atomic mass is 10.0. The standard InChI is InChI=1S/C11H18N2S/c1-8-6-14-10(13-8)12-7-11(4-5-11)9-2-3-9/h8-9H,2-7H2,1H3,(H,12,13). The molecule has 3 heteroatoms. The minimum Gasteiger partial charge on any atom is -0.362 e. The monoisotopic (exact) mass is 210 g/mol. The van der Waals surface area contributed by atoms with Crippen molar-refractivity contribution >= 4 is 16.9 Å². The lowest BCUT2D eigenvalue weighted by molar-refractivity contribution is 0.454. The van der Waals surface area contributed by atoms with Gasteiger partial charge in [-0.1, -0.05) is 11.8 Å². The average Bonchev–Trinajstić information content (AvgIpc) is 3.03. The maximum absolute atomic E-state index is 4.74. The van der Waals surface area contributed by atoms with Crippen molar-refractivity contribution in [1.29, 1.82) is 0 Å². The van der Waals surface area contributed by atoms with E-state index in [-0.39, 0.29) is 0 Å². The topological polar surface area (TPSA) is 24.4 Å². The number of hydrogen-bond acceptors (Lipinski definition) is 2. The van der Waals surface area contributed by atoms with Gasteiger partial charge in [0.25, 0.3) is 0 Å². The van der Waals surface area contributed by atoms with Crippen molar-refractivity contribution in [2.45, 2.75) is 38.6 Å². The second-order valence-corrected chi connectivity index (χ2v) is 6.12. The molecule has 1 heterocycles. The van der Waals surface area contributed by atoms with Crippen LogP contribution in [-0.4, -0.2) is 23.5 Å². The quantitative estimate of drug-likeness (QED) is 0.772. The second-order valence-electron chi connectivity index (χ2n) is 5.11. The molecule has 0 radical (unpaired) electrons. The van der Waals surface area contributed by atoms with Crippen molar-refractivity contribution in [2.75, 3.05) is 12.3 Å². The molecule has 2 aliphatic carbocycles. The van der Waals surface area contributed by atoms with E-state index in [0.717, 1.165) is 12.5 Å². The Labute approximate surface area is 89.9 Å². The zero-order valence-corrected chi connectivity index (χ0v) is 9.57. The summed E-state index contributed by atoms with van der Waals surface area (Å²) in [7, 11) is 0. The summed E-state index contributed by atoms with van der Waals surface area (Å²) in [6, 6.07) is 0.620. The molecule has 0 aromatic rings. The summed E-state index contributed by atoms with van der Waals surface area (Å²) in [5.74, 6) is 2.23. The molecule has 0 bridgehead atoms. The smallest absolute Gasteiger partial charge is 0.156 e. The highest BCUT2D eigenvalue weighted by molar-refractivity contribution is 8.14. The molecule has 3 fully saturated rings. The van der Waals surface area contributed by atoms with Crippen LogP contribution in [0.15, 0.2) is 4.99 Å². The number of thioether (sulfide) groups is 1. The maximum Gasteiger partial charge on any atom is 0.156 e. The molecule has 1 saturated heterocycles. The number of rotatable bonds is 3. The van der Waals surface area contributed by atoms with E-state index in [9.17, 15) is 0 Å². The summed E-state index contributed by atoms with van der Waals surface area (Å²) in [5, 5.41) is 4.63. The zero-order chi connectivity index (χ0) is 9.60. The van der Waals surface area contributed by atoms with Gasteiger partial charge in [-0.2, -0.15) is 0 Å². The number of nitrogens with zero attached hydrogens (tertiary/aromatic N) is 1. The van der Waals surface area contributed by atoms with Crippen molar-refractivity contribution in [2.24, 2.45) is 16.3 Å². The first-order chi connectivity index (χ1) is 6.78. The molecule has 3 rings (SSSR count). The molecule has 78 valence electrons. The molecule has 0 amide bonds. The summed E-state index contributed by atoms with van der Waals surface area (Å²) < 4.78 is 0. The highest BCUT2D eigenvalue weighted by Gasteiger charge is 2.53. The highest BCUT2D eigenvalue weighted by Crippen LogP contribution is 2.61. The minimum absolute atomic E-state index is 0.620. The molecule has 3 aliphatic rings. The first-order valence-electron chi connectivity index (χ1n) is 5.72. The first kappa shape index (κ1) is 9.08.